The monoisotopic (exact) mass is 643 g/mol. The summed E-state index contributed by atoms with van der Waals surface area (Å²) in [5, 5.41) is 16.7. The summed E-state index contributed by atoms with van der Waals surface area (Å²) in [4.78, 5) is 36.2. The Kier molecular flexibility index (Phi) is 11.2. The average molecular weight is 644 g/mol. The van der Waals surface area contributed by atoms with Gasteiger partial charge in [0.1, 0.15) is 13.2 Å². The lowest BCUT2D eigenvalue weighted by Gasteiger charge is -2.06. The fourth-order valence-electron chi connectivity index (χ4n) is 4.05. The number of benzene rings is 2. The van der Waals surface area contributed by atoms with Crippen molar-refractivity contribution in [3.05, 3.63) is 119 Å². The summed E-state index contributed by atoms with van der Waals surface area (Å²) in [6.45, 7) is 1.48. The maximum atomic E-state index is 11.6. The fraction of sp³-hybridized carbons (Fsp3) is 0.188. The number of thiazole rings is 2. The Labute approximate surface area is 267 Å². The van der Waals surface area contributed by atoms with Crippen molar-refractivity contribution >= 4 is 55.3 Å². The number of nitrogens with one attached hydrogen (secondary N) is 2. The number of alkyl carbamates (subject to hydrolysis) is 2. The van der Waals surface area contributed by atoms with E-state index in [1.165, 1.54) is 0 Å². The number of nitrogens with zero attached hydrogens (tertiary/aromatic N) is 4. The van der Waals surface area contributed by atoms with E-state index in [0.717, 1.165) is 46.3 Å². The first-order valence-electron chi connectivity index (χ1n) is 14.1. The topological polar surface area (TPSA) is 139 Å². The lowest BCUT2D eigenvalue weighted by atomic mass is 10.2. The molecule has 0 atom stereocenters. The van der Waals surface area contributed by atoms with E-state index in [2.05, 4.69) is 25.6 Å². The second kappa shape index (κ2) is 16.1. The van der Waals surface area contributed by atoms with Crippen LogP contribution in [-0.2, 0) is 35.5 Å². The largest absolute Gasteiger partial charge is 0.445 e. The Morgan fingerprint density at radius 2 is 1.27 bits per heavy atom. The number of fused-ring (bicyclic) bond motifs is 2. The van der Waals surface area contributed by atoms with Crippen LogP contribution in [0.5, 0.6) is 0 Å². The second-order valence-electron chi connectivity index (χ2n) is 9.61. The third-order valence-corrected chi connectivity index (χ3v) is 8.43. The van der Waals surface area contributed by atoms with E-state index in [0.29, 0.717) is 25.9 Å². The van der Waals surface area contributed by atoms with Crippen molar-refractivity contribution in [3.8, 4) is 0 Å². The molecule has 13 heteroatoms. The van der Waals surface area contributed by atoms with Crippen LogP contribution in [0.3, 0.4) is 0 Å². The number of aromatic nitrogens is 4. The highest BCUT2D eigenvalue weighted by atomic mass is 32.1. The first kappa shape index (κ1) is 31.3. The minimum Gasteiger partial charge on any atom is -0.445 e. The molecule has 45 heavy (non-hydrogen) atoms. The molecule has 0 saturated carbocycles. The number of hydrogen-bond acceptors (Lipinski definition) is 10. The molecule has 0 unspecified atom stereocenters. The average Bonchev–Trinajstić information content (AvgIpc) is 3.67. The van der Waals surface area contributed by atoms with Gasteiger partial charge in [0.25, 0.3) is 0 Å². The molecule has 6 rings (SSSR count). The summed E-state index contributed by atoms with van der Waals surface area (Å²) in [5.41, 5.74) is 3.55. The van der Waals surface area contributed by atoms with Gasteiger partial charge in [0.05, 0.1) is 31.1 Å². The third-order valence-electron chi connectivity index (χ3n) is 6.23. The zero-order valence-electron chi connectivity index (χ0n) is 24.2. The molecule has 3 N–H and O–H groups in total. The van der Waals surface area contributed by atoms with Crippen LogP contribution in [0.15, 0.2) is 97.6 Å². The van der Waals surface area contributed by atoms with E-state index in [9.17, 15) is 14.8 Å². The molecule has 11 nitrogen and oxygen atoms in total. The van der Waals surface area contributed by atoms with Gasteiger partial charge in [0, 0.05) is 42.9 Å². The van der Waals surface area contributed by atoms with Gasteiger partial charge in [0.2, 0.25) is 12.4 Å². The van der Waals surface area contributed by atoms with Crippen LogP contribution in [0.1, 0.15) is 21.1 Å². The van der Waals surface area contributed by atoms with Gasteiger partial charge in [-0.3, -0.25) is 10.2 Å². The molecule has 0 aliphatic carbocycles. The molecule has 6 aromatic rings. The van der Waals surface area contributed by atoms with Crippen LogP contribution in [-0.4, -0.2) is 45.4 Å². The summed E-state index contributed by atoms with van der Waals surface area (Å²) >= 11 is 3.16. The summed E-state index contributed by atoms with van der Waals surface area (Å²) in [6, 6.07) is 22.9. The van der Waals surface area contributed by atoms with Gasteiger partial charge in [0.15, 0.2) is 5.52 Å². The number of rotatable bonds is 10. The van der Waals surface area contributed by atoms with Crippen LogP contribution >= 0.6 is 22.7 Å². The minimum atomic E-state index is -0.442. The molecular formula is C32H31N6O5S2+. The van der Waals surface area contributed by atoms with E-state index < -0.39 is 12.2 Å². The number of pyridine rings is 2. The summed E-state index contributed by atoms with van der Waals surface area (Å²) in [5.74, 6) is 0. The van der Waals surface area contributed by atoms with Gasteiger partial charge in [-0.2, -0.15) is 0 Å². The minimum absolute atomic E-state index is 0.254. The Hall–Kier alpha value is -5.14. The number of carbonyl (C=O) groups excluding carboxylic acids is 2. The quantitative estimate of drug-likeness (QED) is 0.132. The molecule has 0 saturated heterocycles. The molecule has 230 valence electrons. The molecule has 0 aliphatic rings. The Morgan fingerprint density at radius 1 is 0.733 bits per heavy atom. The predicted octanol–water partition coefficient (Wildman–Crippen LogP) is 5.45. The molecule has 4 heterocycles. The van der Waals surface area contributed by atoms with Crippen molar-refractivity contribution in [2.45, 2.75) is 26.1 Å². The molecule has 0 spiro atoms. The van der Waals surface area contributed by atoms with E-state index in [1.807, 2.05) is 66.7 Å². The standard InChI is InChI=1S/C16H15N3O3S.C16H15N3O2S/c20-16(22-11-12-4-2-1-3-5-12)17-8-6-15-18-13-10-19(21)9-7-14(13)23-15;20-16(21-11-12-4-2-1-3-5-12)18-9-7-15-19-13-10-17-8-6-14(13)22-15/h1-5,7,9-10H,6,8,11H2,(H-,17,20,21);1-6,8,10H,7,9,11H2,(H,18,20)/p+1. The Balaban J connectivity index is 0.000000178. The highest BCUT2D eigenvalue weighted by Gasteiger charge is 2.10. The summed E-state index contributed by atoms with van der Waals surface area (Å²) < 4.78 is 13.4. The molecule has 2 aromatic carbocycles. The van der Waals surface area contributed by atoms with Gasteiger partial charge in [-0.15, -0.1) is 22.7 Å². The molecule has 0 bridgehead atoms. The molecule has 0 radical (unpaired) electrons. The van der Waals surface area contributed by atoms with Crippen LogP contribution in [0.2, 0.25) is 0 Å². The molecule has 2 amide bonds. The fourth-order valence-corrected chi connectivity index (χ4v) is 5.92. The molecule has 4 aromatic heterocycles. The zero-order chi connectivity index (χ0) is 31.3. The van der Waals surface area contributed by atoms with E-state index in [4.69, 9.17) is 9.47 Å². The van der Waals surface area contributed by atoms with Crippen LogP contribution in [0, 0.1) is 0 Å². The number of amides is 2. The van der Waals surface area contributed by atoms with Gasteiger partial charge in [-0.25, -0.2) is 19.6 Å². The van der Waals surface area contributed by atoms with Crippen molar-refractivity contribution in [1.29, 1.82) is 0 Å². The summed E-state index contributed by atoms with van der Waals surface area (Å²) in [6.07, 6.45) is 7.06. The van der Waals surface area contributed by atoms with Gasteiger partial charge < -0.3 is 20.1 Å². The zero-order valence-corrected chi connectivity index (χ0v) is 25.8. The van der Waals surface area contributed by atoms with E-state index >= 15 is 0 Å². The number of hydrogen-bond donors (Lipinski definition) is 3. The van der Waals surface area contributed by atoms with Crippen molar-refractivity contribution < 1.29 is 29.0 Å². The number of ether oxygens (including phenoxy) is 2. The number of carbonyl (C=O) groups is 2. The van der Waals surface area contributed by atoms with Crippen molar-refractivity contribution in [2.24, 2.45) is 0 Å². The van der Waals surface area contributed by atoms with Crippen LogP contribution in [0.25, 0.3) is 20.4 Å². The third kappa shape index (κ3) is 9.95. The molecule has 0 aliphatic heterocycles. The first-order valence-corrected chi connectivity index (χ1v) is 15.7. The van der Waals surface area contributed by atoms with Crippen LogP contribution < -0.4 is 15.4 Å². The first-order chi connectivity index (χ1) is 22.0. The van der Waals surface area contributed by atoms with Gasteiger partial charge >= 0.3 is 12.2 Å². The van der Waals surface area contributed by atoms with Gasteiger partial charge in [-0.1, -0.05) is 60.7 Å². The SMILES string of the molecule is O=C(NCCc1nc2c[n+](O)ccc2s1)OCc1ccccc1.O=C(NCCc1nc2cnccc2s1)OCc1ccccc1. The Morgan fingerprint density at radius 3 is 1.82 bits per heavy atom. The normalized spacial score (nSPS) is 10.6. The summed E-state index contributed by atoms with van der Waals surface area (Å²) in [7, 11) is 0. The highest BCUT2D eigenvalue weighted by Crippen LogP contribution is 2.21. The maximum absolute atomic E-state index is 11.6. The van der Waals surface area contributed by atoms with Crippen LogP contribution in [0.4, 0.5) is 9.59 Å². The van der Waals surface area contributed by atoms with Crippen molar-refractivity contribution in [2.75, 3.05) is 13.1 Å². The maximum Gasteiger partial charge on any atom is 0.407 e. The Bertz CT molecular complexity index is 1800. The van der Waals surface area contributed by atoms with Crippen molar-refractivity contribution in [1.82, 2.24) is 25.6 Å². The highest BCUT2D eigenvalue weighted by molar-refractivity contribution is 7.18. The lowest BCUT2D eigenvalue weighted by Crippen LogP contribution is -2.27. The van der Waals surface area contributed by atoms with Gasteiger partial charge in [-0.05, 0) is 17.2 Å². The van der Waals surface area contributed by atoms with E-state index in [-0.39, 0.29) is 13.2 Å². The van der Waals surface area contributed by atoms with E-state index in [1.54, 1.807) is 53.5 Å². The molecular weight excluding hydrogens is 613 g/mol. The molecule has 0 fully saturated rings. The predicted molar refractivity (Wildman–Crippen MR) is 171 cm³/mol. The second-order valence-corrected chi connectivity index (χ2v) is 11.8. The lowest BCUT2D eigenvalue weighted by molar-refractivity contribution is -0.904. The van der Waals surface area contributed by atoms with Crippen molar-refractivity contribution in [3.63, 3.8) is 0 Å². The smallest absolute Gasteiger partial charge is 0.407 e.